The topological polar surface area (TPSA) is 40.5 Å². The summed E-state index contributed by atoms with van der Waals surface area (Å²) in [6.07, 6.45) is 5.62. The Kier molecular flexibility index (Phi) is 4.37. The van der Waals surface area contributed by atoms with Crippen LogP contribution in [0.5, 0.6) is 0 Å². The molecule has 17 heavy (non-hydrogen) atoms. The minimum atomic E-state index is -0.649. The average molecular weight is 243 g/mol. The number of carboxylic acids is 1. The van der Waals surface area contributed by atoms with Crippen LogP contribution in [0.15, 0.2) is 0 Å². The Balaban J connectivity index is 1.81. The second-order valence-corrected chi connectivity index (χ2v) is 5.50. The zero-order chi connectivity index (χ0) is 12.3. The van der Waals surface area contributed by atoms with E-state index in [0.717, 1.165) is 51.6 Å². The third kappa shape index (κ3) is 3.18. The van der Waals surface area contributed by atoms with E-state index in [2.05, 4.69) is 4.90 Å². The van der Waals surface area contributed by atoms with Gasteiger partial charge in [0.25, 0.3) is 0 Å². The van der Waals surface area contributed by atoms with Gasteiger partial charge in [0.05, 0.1) is 12.6 Å². The molecule has 0 aromatic heterocycles. The Hall–Kier alpha value is -0.640. The standard InChI is InChI=1S/C13H22FNO2/c14-8-10-2-1-7-15(9-10)12-5-3-11(4-6-12)13(16)17/h10-12H,1-9H2,(H,16,17). The number of alkyl halides is 1. The highest BCUT2D eigenvalue weighted by molar-refractivity contribution is 5.70. The lowest BCUT2D eigenvalue weighted by Gasteiger charge is -2.40. The van der Waals surface area contributed by atoms with Gasteiger partial charge in [0.2, 0.25) is 0 Å². The first-order valence-electron chi connectivity index (χ1n) is 6.73. The molecule has 98 valence electrons. The molecule has 2 fully saturated rings. The van der Waals surface area contributed by atoms with Crippen LogP contribution in [0.1, 0.15) is 38.5 Å². The van der Waals surface area contributed by atoms with Crippen LogP contribution in [0.25, 0.3) is 0 Å². The van der Waals surface area contributed by atoms with Crippen molar-refractivity contribution in [1.82, 2.24) is 4.90 Å². The maximum absolute atomic E-state index is 12.7. The summed E-state index contributed by atoms with van der Waals surface area (Å²) in [5, 5.41) is 8.95. The van der Waals surface area contributed by atoms with Gasteiger partial charge in [0.15, 0.2) is 0 Å². The van der Waals surface area contributed by atoms with Crippen LogP contribution in [0, 0.1) is 11.8 Å². The van der Waals surface area contributed by atoms with Gasteiger partial charge in [0, 0.05) is 18.5 Å². The molecule has 1 saturated carbocycles. The molecule has 1 aliphatic heterocycles. The van der Waals surface area contributed by atoms with E-state index < -0.39 is 5.97 Å². The van der Waals surface area contributed by atoms with Crippen molar-refractivity contribution in [3.63, 3.8) is 0 Å². The second kappa shape index (κ2) is 5.80. The SMILES string of the molecule is O=C(O)C1CCC(N2CCCC(CF)C2)CC1. The fourth-order valence-corrected chi connectivity index (χ4v) is 3.24. The first-order chi connectivity index (χ1) is 8.20. The fourth-order valence-electron chi connectivity index (χ4n) is 3.24. The normalized spacial score (nSPS) is 35.7. The van der Waals surface area contributed by atoms with Crippen LogP contribution in [0.4, 0.5) is 4.39 Å². The van der Waals surface area contributed by atoms with Crippen molar-refractivity contribution in [3.05, 3.63) is 0 Å². The molecule has 1 aliphatic carbocycles. The van der Waals surface area contributed by atoms with Crippen molar-refractivity contribution < 1.29 is 14.3 Å². The van der Waals surface area contributed by atoms with Crippen molar-refractivity contribution in [1.29, 1.82) is 0 Å². The highest BCUT2D eigenvalue weighted by atomic mass is 19.1. The van der Waals surface area contributed by atoms with Gasteiger partial charge >= 0.3 is 5.97 Å². The van der Waals surface area contributed by atoms with E-state index in [1.54, 1.807) is 0 Å². The van der Waals surface area contributed by atoms with Crippen molar-refractivity contribution in [3.8, 4) is 0 Å². The smallest absolute Gasteiger partial charge is 0.306 e. The van der Waals surface area contributed by atoms with Crippen LogP contribution >= 0.6 is 0 Å². The zero-order valence-corrected chi connectivity index (χ0v) is 10.3. The zero-order valence-electron chi connectivity index (χ0n) is 10.3. The lowest BCUT2D eigenvalue weighted by Crippen LogP contribution is -2.45. The first kappa shape index (κ1) is 12.8. The number of nitrogens with zero attached hydrogens (tertiary/aromatic N) is 1. The van der Waals surface area contributed by atoms with Gasteiger partial charge in [-0.05, 0) is 45.1 Å². The van der Waals surface area contributed by atoms with E-state index in [4.69, 9.17) is 5.11 Å². The van der Waals surface area contributed by atoms with E-state index in [0.29, 0.717) is 6.04 Å². The minimum Gasteiger partial charge on any atom is -0.481 e. The lowest BCUT2D eigenvalue weighted by molar-refractivity contribution is -0.143. The van der Waals surface area contributed by atoms with E-state index >= 15 is 0 Å². The summed E-state index contributed by atoms with van der Waals surface area (Å²) in [6.45, 7) is 1.73. The molecule has 2 rings (SSSR count). The summed E-state index contributed by atoms with van der Waals surface area (Å²) in [7, 11) is 0. The van der Waals surface area contributed by atoms with Gasteiger partial charge in [-0.25, -0.2) is 0 Å². The van der Waals surface area contributed by atoms with Crippen LogP contribution < -0.4 is 0 Å². The minimum absolute atomic E-state index is 0.145. The highest BCUT2D eigenvalue weighted by Gasteiger charge is 2.31. The molecule has 0 bridgehead atoms. The Bertz CT molecular complexity index is 264. The molecule has 1 atom stereocenters. The van der Waals surface area contributed by atoms with Gasteiger partial charge in [0.1, 0.15) is 0 Å². The van der Waals surface area contributed by atoms with Crippen molar-refractivity contribution >= 4 is 5.97 Å². The quantitative estimate of drug-likeness (QED) is 0.827. The maximum Gasteiger partial charge on any atom is 0.306 e. The average Bonchev–Trinajstić information content (AvgIpc) is 2.39. The fraction of sp³-hybridized carbons (Fsp3) is 0.923. The molecule has 1 heterocycles. The van der Waals surface area contributed by atoms with Crippen molar-refractivity contribution in [2.24, 2.45) is 11.8 Å². The molecular formula is C13H22FNO2. The third-order valence-corrected chi connectivity index (χ3v) is 4.33. The summed E-state index contributed by atoms with van der Waals surface area (Å²) in [5.41, 5.74) is 0. The number of halogens is 1. The molecule has 4 heteroatoms. The molecule has 0 aromatic rings. The predicted molar refractivity (Wildman–Crippen MR) is 63.7 cm³/mol. The first-order valence-corrected chi connectivity index (χ1v) is 6.73. The molecule has 3 nitrogen and oxygen atoms in total. The summed E-state index contributed by atoms with van der Waals surface area (Å²) >= 11 is 0. The van der Waals surface area contributed by atoms with Crippen LogP contribution in [-0.2, 0) is 4.79 Å². The number of hydrogen-bond donors (Lipinski definition) is 1. The Labute approximate surface area is 102 Å². The van der Waals surface area contributed by atoms with E-state index in [-0.39, 0.29) is 18.5 Å². The number of hydrogen-bond acceptors (Lipinski definition) is 2. The highest BCUT2D eigenvalue weighted by Crippen LogP contribution is 2.30. The molecule has 1 saturated heterocycles. The largest absolute Gasteiger partial charge is 0.481 e. The molecule has 0 aromatic carbocycles. The molecule has 1 unspecified atom stereocenters. The number of likely N-dealkylation sites (tertiary alicyclic amines) is 1. The Morgan fingerprint density at radius 3 is 2.53 bits per heavy atom. The third-order valence-electron chi connectivity index (χ3n) is 4.33. The predicted octanol–water partition coefficient (Wildman–Crippen LogP) is 2.31. The summed E-state index contributed by atoms with van der Waals surface area (Å²) in [4.78, 5) is 13.3. The van der Waals surface area contributed by atoms with E-state index in [1.165, 1.54) is 0 Å². The van der Waals surface area contributed by atoms with Crippen LogP contribution in [-0.4, -0.2) is 41.8 Å². The Morgan fingerprint density at radius 1 is 1.24 bits per heavy atom. The van der Waals surface area contributed by atoms with E-state index in [1.807, 2.05) is 0 Å². The lowest BCUT2D eigenvalue weighted by atomic mass is 9.84. The Morgan fingerprint density at radius 2 is 1.94 bits per heavy atom. The van der Waals surface area contributed by atoms with Gasteiger partial charge in [-0.1, -0.05) is 0 Å². The second-order valence-electron chi connectivity index (χ2n) is 5.50. The van der Waals surface area contributed by atoms with Gasteiger partial charge in [-0.3, -0.25) is 9.18 Å². The number of carbonyl (C=O) groups is 1. The number of carboxylic acid groups (broad SMARTS) is 1. The molecule has 0 amide bonds. The van der Waals surface area contributed by atoms with Crippen LogP contribution in [0.2, 0.25) is 0 Å². The monoisotopic (exact) mass is 243 g/mol. The van der Waals surface area contributed by atoms with Crippen molar-refractivity contribution in [2.75, 3.05) is 19.8 Å². The van der Waals surface area contributed by atoms with Gasteiger partial charge < -0.3 is 10.0 Å². The molecule has 0 radical (unpaired) electrons. The molecule has 0 spiro atoms. The van der Waals surface area contributed by atoms with Gasteiger partial charge in [-0.2, -0.15) is 0 Å². The number of aliphatic carboxylic acids is 1. The summed E-state index contributed by atoms with van der Waals surface area (Å²) in [6, 6.07) is 0.500. The number of piperidine rings is 1. The maximum atomic E-state index is 12.7. The summed E-state index contributed by atoms with van der Waals surface area (Å²) < 4.78 is 12.7. The van der Waals surface area contributed by atoms with Gasteiger partial charge in [-0.15, -0.1) is 0 Å². The van der Waals surface area contributed by atoms with Crippen LogP contribution in [0.3, 0.4) is 0 Å². The van der Waals surface area contributed by atoms with E-state index in [9.17, 15) is 9.18 Å². The molecule has 2 aliphatic rings. The summed E-state index contributed by atoms with van der Waals surface area (Å²) in [5.74, 6) is -0.585. The van der Waals surface area contributed by atoms with Crippen molar-refractivity contribution in [2.45, 2.75) is 44.6 Å². The number of rotatable bonds is 3. The molecular weight excluding hydrogens is 221 g/mol. The molecule has 1 N–H and O–H groups in total.